The summed E-state index contributed by atoms with van der Waals surface area (Å²) >= 11 is 12.2. The number of methoxy groups -OCH3 is 1. The van der Waals surface area contributed by atoms with Gasteiger partial charge in [-0.2, -0.15) is 0 Å². The molecule has 28 heavy (non-hydrogen) atoms. The number of anilines is 1. The molecule has 0 radical (unpaired) electrons. The summed E-state index contributed by atoms with van der Waals surface area (Å²) in [7, 11) is -2.22. The van der Waals surface area contributed by atoms with Crippen LogP contribution < -0.4 is 14.4 Å². The molecule has 2 aromatic carbocycles. The molecule has 0 aromatic heterocycles. The zero-order valence-electron chi connectivity index (χ0n) is 15.8. The average molecular weight is 445 g/mol. The van der Waals surface area contributed by atoms with Gasteiger partial charge in [0.15, 0.2) is 0 Å². The van der Waals surface area contributed by atoms with Crippen LogP contribution in [0.2, 0.25) is 10.0 Å². The Bertz CT molecular complexity index is 933. The summed E-state index contributed by atoms with van der Waals surface area (Å²) in [5, 5.41) is 3.29. The summed E-state index contributed by atoms with van der Waals surface area (Å²) in [5.41, 5.74) is 1.03. The number of rotatable bonds is 8. The van der Waals surface area contributed by atoms with Crippen molar-refractivity contribution in [2.75, 3.05) is 17.7 Å². The quantitative estimate of drug-likeness (QED) is 0.670. The Morgan fingerprint density at radius 1 is 1.18 bits per heavy atom. The maximum absolute atomic E-state index is 12.8. The van der Waals surface area contributed by atoms with Gasteiger partial charge in [-0.05, 0) is 42.3 Å². The van der Waals surface area contributed by atoms with E-state index in [1.54, 1.807) is 32.2 Å². The van der Waals surface area contributed by atoms with E-state index in [1.807, 2.05) is 12.1 Å². The molecular weight excluding hydrogens is 423 g/mol. The van der Waals surface area contributed by atoms with Crippen LogP contribution in [0.5, 0.6) is 5.75 Å². The van der Waals surface area contributed by atoms with Crippen molar-refractivity contribution < 1.29 is 17.9 Å². The third kappa shape index (κ3) is 5.53. The minimum Gasteiger partial charge on any atom is -0.497 e. The SMILES string of the molecule is CC[C@@H](C(=O)NCc1ccc(OC)cc1)N(c1cc(Cl)ccc1Cl)S(C)(=O)=O. The Balaban J connectivity index is 2.27. The van der Waals surface area contributed by atoms with Crippen molar-refractivity contribution in [3.8, 4) is 5.75 Å². The van der Waals surface area contributed by atoms with E-state index in [1.165, 1.54) is 12.1 Å². The topological polar surface area (TPSA) is 75.7 Å². The van der Waals surface area contributed by atoms with Gasteiger partial charge < -0.3 is 10.1 Å². The second-order valence-electron chi connectivity index (χ2n) is 6.14. The highest BCUT2D eigenvalue weighted by molar-refractivity contribution is 7.92. The fourth-order valence-corrected chi connectivity index (χ4v) is 4.38. The molecule has 0 saturated heterocycles. The van der Waals surface area contributed by atoms with Crippen molar-refractivity contribution in [3.05, 3.63) is 58.1 Å². The lowest BCUT2D eigenvalue weighted by atomic mass is 10.1. The Hall–Kier alpha value is -1.96. The number of carbonyl (C=O) groups is 1. The molecule has 0 aliphatic heterocycles. The lowest BCUT2D eigenvalue weighted by Crippen LogP contribution is -2.49. The van der Waals surface area contributed by atoms with Crippen LogP contribution in [-0.2, 0) is 21.4 Å². The first-order chi connectivity index (χ1) is 13.2. The van der Waals surface area contributed by atoms with E-state index in [0.717, 1.165) is 16.1 Å². The van der Waals surface area contributed by atoms with E-state index in [9.17, 15) is 13.2 Å². The van der Waals surface area contributed by atoms with Crippen LogP contribution in [0, 0.1) is 0 Å². The van der Waals surface area contributed by atoms with E-state index >= 15 is 0 Å². The van der Waals surface area contributed by atoms with Gasteiger partial charge in [-0.25, -0.2) is 8.42 Å². The van der Waals surface area contributed by atoms with Crippen molar-refractivity contribution in [2.45, 2.75) is 25.9 Å². The molecule has 6 nitrogen and oxygen atoms in total. The summed E-state index contributed by atoms with van der Waals surface area (Å²) in [6, 6.07) is 10.7. The number of halogens is 2. The monoisotopic (exact) mass is 444 g/mol. The maximum atomic E-state index is 12.8. The number of hydrogen-bond donors (Lipinski definition) is 1. The molecule has 2 aromatic rings. The van der Waals surface area contributed by atoms with Gasteiger partial charge in [0.2, 0.25) is 15.9 Å². The van der Waals surface area contributed by atoms with Crippen molar-refractivity contribution in [1.29, 1.82) is 0 Å². The van der Waals surface area contributed by atoms with Crippen molar-refractivity contribution in [3.63, 3.8) is 0 Å². The minimum atomic E-state index is -3.79. The normalized spacial score (nSPS) is 12.3. The first kappa shape index (κ1) is 22.3. The minimum absolute atomic E-state index is 0.170. The standard InChI is InChI=1S/C19H22Cl2N2O4S/c1-4-17(19(24)22-12-13-5-8-15(27-2)9-6-13)23(28(3,25)26)18-11-14(20)7-10-16(18)21/h5-11,17H,4,12H2,1-3H3,(H,22,24)/t17-/m0/s1. The number of carbonyl (C=O) groups excluding carboxylic acids is 1. The van der Waals surface area contributed by atoms with E-state index in [0.29, 0.717) is 10.8 Å². The van der Waals surface area contributed by atoms with Gasteiger partial charge in [0.25, 0.3) is 0 Å². The molecule has 0 fully saturated rings. The number of benzene rings is 2. The van der Waals surface area contributed by atoms with Crippen LogP contribution >= 0.6 is 23.2 Å². The van der Waals surface area contributed by atoms with Gasteiger partial charge in [-0.1, -0.05) is 42.3 Å². The van der Waals surface area contributed by atoms with Gasteiger partial charge in [0, 0.05) is 11.6 Å². The number of amides is 1. The lowest BCUT2D eigenvalue weighted by Gasteiger charge is -2.30. The smallest absolute Gasteiger partial charge is 0.244 e. The number of nitrogens with one attached hydrogen (secondary N) is 1. The van der Waals surface area contributed by atoms with Gasteiger partial charge >= 0.3 is 0 Å². The fraction of sp³-hybridized carbons (Fsp3) is 0.316. The second-order valence-corrected chi connectivity index (χ2v) is 8.85. The molecule has 9 heteroatoms. The first-order valence-corrected chi connectivity index (χ1v) is 11.1. The molecule has 0 spiro atoms. The molecule has 1 N–H and O–H groups in total. The lowest BCUT2D eigenvalue weighted by molar-refractivity contribution is -0.122. The molecule has 0 aliphatic carbocycles. The predicted octanol–water partition coefficient (Wildman–Crippen LogP) is 3.86. The van der Waals surface area contributed by atoms with Crippen LogP contribution in [0.1, 0.15) is 18.9 Å². The van der Waals surface area contributed by atoms with Crippen molar-refractivity contribution in [1.82, 2.24) is 5.32 Å². The molecule has 1 atom stereocenters. The van der Waals surface area contributed by atoms with E-state index in [-0.39, 0.29) is 23.7 Å². The Morgan fingerprint density at radius 2 is 1.82 bits per heavy atom. The number of ether oxygens (including phenoxy) is 1. The van der Waals surface area contributed by atoms with Gasteiger partial charge in [0.05, 0.1) is 24.1 Å². The molecule has 1 amide bonds. The molecule has 0 saturated carbocycles. The highest BCUT2D eigenvalue weighted by Crippen LogP contribution is 2.32. The van der Waals surface area contributed by atoms with Crippen LogP contribution in [0.15, 0.2) is 42.5 Å². The molecule has 152 valence electrons. The van der Waals surface area contributed by atoms with Crippen LogP contribution in [0.4, 0.5) is 5.69 Å². The van der Waals surface area contributed by atoms with Crippen LogP contribution in [-0.4, -0.2) is 33.7 Å². The first-order valence-electron chi connectivity index (χ1n) is 8.52. The molecule has 0 unspecified atom stereocenters. The summed E-state index contributed by atoms with van der Waals surface area (Å²) in [4.78, 5) is 12.8. The third-order valence-corrected chi connectivity index (χ3v) is 5.82. The zero-order chi connectivity index (χ0) is 20.9. The second kappa shape index (κ2) is 9.49. The molecule has 0 heterocycles. The van der Waals surface area contributed by atoms with E-state index in [2.05, 4.69) is 5.32 Å². The Labute approximate surface area is 175 Å². The Morgan fingerprint density at radius 3 is 2.36 bits per heavy atom. The highest BCUT2D eigenvalue weighted by atomic mass is 35.5. The summed E-state index contributed by atoms with van der Waals surface area (Å²) < 4.78 is 31.1. The van der Waals surface area contributed by atoms with Gasteiger partial charge in [0.1, 0.15) is 11.8 Å². The van der Waals surface area contributed by atoms with Crippen molar-refractivity contribution in [2.24, 2.45) is 0 Å². The van der Waals surface area contributed by atoms with E-state index < -0.39 is 22.0 Å². The maximum Gasteiger partial charge on any atom is 0.244 e. The van der Waals surface area contributed by atoms with Crippen molar-refractivity contribution >= 4 is 44.8 Å². The molecular formula is C19H22Cl2N2O4S. The highest BCUT2D eigenvalue weighted by Gasteiger charge is 2.32. The molecule has 0 aliphatic rings. The Kier molecular flexibility index (Phi) is 7.57. The third-order valence-electron chi connectivity index (χ3n) is 4.10. The summed E-state index contributed by atoms with van der Waals surface area (Å²) in [6.45, 7) is 1.98. The van der Waals surface area contributed by atoms with Gasteiger partial charge in [-0.15, -0.1) is 0 Å². The van der Waals surface area contributed by atoms with Crippen LogP contribution in [0.3, 0.4) is 0 Å². The van der Waals surface area contributed by atoms with Crippen LogP contribution in [0.25, 0.3) is 0 Å². The largest absolute Gasteiger partial charge is 0.497 e. The molecule has 2 rings (SSSR count). The fourth-order valence-electron chi connectivity index (χ4n) is 2.74. The average Bonchev–Trinajstić information content (AvgIpc) is 2.65. The summed E-state index contributed by atoms with van der Waals surface area (Å²) in [5.74, 6) is 0.278. The van der Waals surface area contributed by atoms with Gasteiger partial charge in [-0.3, -0.25) is 9.10 Å². The number of nitrogens with zero attached hydrogens (tertiary/aromatic N) is 1. The zero-order valence-corrected chi connectivity index (χ0v) is 18.1. The number of sulfonamides is 1. The number of hydrogen-bond acceptors (Lipinski definition) is 4. The summed E-state index contributed by atoms with van der Waals surface area (Å²) in [6.07, 6.45) is 1.29. The predicted molar refractivity (Wildman–Crippen MR) is 113 cm³/mol. The molecule has 0 bridgehead atoms. The van der Waals surface area contributed by atoms with E-state index in [4.69, 9.17) is 27.9 Å².